The van der Waals surface area contributed by atoms with Crippen molar-refractivity contribution in [2.45, 2.75) is 51.6 Å². The minimum absolute atomic E-state index is 0.171. The highest BCUT2D eigenvalue weighted by Crippen LogP contribution is 2.40. The second kappa shape index (κ2) is 17.3. The van der Waals surface area contributed by atoms with Gasteiger partial charge in [-0.3, -0.25) is 4.99 Å². The zero-order valence-corrected chi connectivity index (χ0v) is 26.7. The molecule has 0 fully saturated rings. The predicted molar refractivity (Wildman–Crippen MR) is 167 cm³/mol. The number of hydrogen-bond donors (Lipinski definition) is 2. The zero-order chi connectivity index (χ0) is 28.9. The average molecular weight is 630 g/mol. The third-order valence-electron chi connectivity index (χ3n) is 5.86. The number of nitrogens with zero attached hydrogens (tertiary/aromatic N) is 2. The molecule has 2 aliphatic rings. The summed E-state index contributed by atoms with van der Waals surface area (Å²) < 4.78 is 16.9. The Hall–Kier alpha value is -1.74. The van der Waals surface area contributed by atoms with Crippen molar-refractivity contribution in [2.24, 2.45) is 10.9 Å². The van der Waals surface area contributed by atoms with Gasteiger partial charge in [-0.2, -0.15) is 0 Å². The summed E-state index contributed by atoms with van der Waals surface area (Å²) in [6, 6.07) is 5.53. The van der Waals surface area contributed by atoms with E-state index in [-0.39, 0.29) is 18.7 Å². The van der Waals surface area contributed by atoms with Gasteiger partial charge < -0.3 is 29.3 Å². The largest absolute Gasteiger partial charge is 0.445 e. The molecule has 12 heteroatoms. The Morgan fingerprint density at radius 2 is 1.95 bits per heavy atom. The number of carbonyl (C=O) groups is 1. The van der Waals surface area contributed by atoms with Gasteiger partial charge in [0.15, 0.2) is 8.38 Å². The van der Waals surface area contributed by atoms with Gasteiger partial charge in [-0.1, -0.05) is 54.9 Å². The van der Waals surface area contributed by atoms with Crippen molar-refractivity contribution >= 4 is 55.6 Å². The number of hydrogen-bond acceptors (Lipinski definition) is 8. The molecule has 2 heterocycles. The molecule has 3 rings (SSSR count). The van der Waals surface area contributed by atoms with Crippen LogP contribution >= 0.6 is 43.3 Å². The number of thioether (sulfide) groups is 1. The number of halogens is 2. The van der Waals surface area contributed by atoms with Gasteiger partial charge in [0, 0.05) is 52.3 Å². The maximum Gasteiger partial charge on any atom is 0.407 e. The topological polar surface area (TPSA) is 84.4 Å². The van der Waals surface area contributed by atoms with Crippen LogP contribution in [0.2, 0.25) is 10.0 Å². The summed E-state index contributed by atoms with van der Waals surface area (Å²) >= 11 is 14.2. The summed E-state index contributed by atoms with van der Waals surface area (Å²) in [5.41, 5.74) is 2.27. The SMILES string of the molecule is CCOP(CCCNC(=O)OCC1NC(C(C)C)=C(Sc2cc(Cl)cc(Cl)c2)N1CC1=CC=NC=CC1)OCC. The summed E-state index contributed by atoms with van der Waals surface area (Å²) in [7, 11) is -0.918. The van der Waals surface area contributed by atoms with E-state index in [0.717, 1.165) is 34.6 Å². The van der Waals surface area contributed by atoms with Crippen LogP contribution in [0.4, 0.5) is 4.79 Å². The Morgan fingerprint density at radius 3 is 2.62 bits per heavy atom. The van der Waals surface area contributed by atoms with E-state index in [4.69, 9.17) is 37.0 Å². The molecule has 220 valence electrons. The standard InChI is InChI=1S/C28H39Cl2N4O4PS/c1-5-37-39(38-6-2)14-8-12-32-28(35)36-19-25-33-26(20(3)4)27(40-24-16-22(29)15-23(30)17-24)34(25)18-21-9-7-11-31-13-10-21/h7,10-11,13,15-17,20,25,33H,5-6,8-9,12,14,18-19H2,1-4H3,(H,32,35). The first-order valence-electron chi connectivity index (χ1n) is 13.5. The molecule has 0 aromatic heterocycles. The third-order valence-corrected chi connectivity index (χ3v) is 9.19. The fourth-order valence-corrected chi connectivity index (χ4v) is 7.37. The monoisotopic (exact) mass is 628 g/mol. The molecule has 1 atom stereocenters. The molecule has 1 aromatic rings. The Labute approximate surface area is 253 Å². The van der Waals surface area contributed by atoms with Crippen LogP contribution in [0.1, 0.15) is 40.5 Å². The molecule has 0 saturated carbocycles. The lowest BCUT2D eigenvalue weighted by molar-refractivity contribution is 0.108. The van der Waals surface area contributed by atoms with E-state index in [9.17, 15) is 4.79 Å². The normalized spacial score (nSPS) is 16.9. The number of nitrogens with one attached hydrogen (secondary N) is 2. The quantitative estimate of drug-likeness (QED) is 0.153. The lowest BCUT2D eigenvalue weighted by Crippen LogP contribution is -2.43. The number of rotatable bonds is 15. The molecule has 40 heavy (non-hydrogen) atoms. The van der Waals surface area contributed by atoms with Gasteiger partial charge in [-0.15, -0.1) is 0 Å². The van der Waals surface area contributed by atoms with Crippen LogP contribution in [0.5, 0.6) is 0 Å². The number of ether oxygens (including phenoxy) is 1. The minimum Gasteiger partial charge on any atom is -0.445 e. The van der Waals surface area contributed by atoms with E-state index in [1.54, 1.807) is 24.0 Å². The van der Waals surface area contributed by atoms with Crippen LogP contribution in [0.25, 0.3) is 0 Å². The Bertz CT molecular complexity index is 1090. The van der Waals surface area contributed by atoms with Gasteiger partial charge in [0.1, 0.15) is 12.8 Å². The van der Waals surface area contributed by atoms with E-state index in [2.05, 4.69) is 34.4 Å². The Kier molecular flexibility index (Phi) is 14.1. The van der Waals surface area contributed by atoms with Crippen molar-refractivity contribution in [1.82, 2.24) is 15.5 Å². The molecule has 2 aliphatic heterocycles. The highest BCUT2D eigenvalue weighted by Gasteiger charge is 2.34. The predicted octanol–water partition coefficient (Wildman–Crippen LogP) is 7.56. The summed E-state index contributed by atoms with van der Waals surface area (Å²) in [5.74, 6) is 0.216. The summed E-state index contributed by atoms with van der Waals surface area (Å²) in [6.07, 6.45) is 9.30. The van der Waals surface area contributed by atoms with Crippen LogP contribution in [-0.2, 0) is 13.8 Å². The molecule has 0 spiro atoms. The van der Waals surface area contributed by atoms with Crippen molar-refractivity contribution in [1.29, 1.82) is 0 Å². The zero-order valence-electron chi connectivity index (χ0n) is 23.5. The fraction of sp³-hybridized carbons (Fsp3) is 0.500. The van der Waals surface area contributed by atoms with Crippen molar-refractivity contribution in [3.8, 4) is 0 Å². The van der Waals surface area contributed by atoms with Crippen LogP contribution in [0, 0.1) is 5.92 Å². The molecule has 0 saturated heterocycles. The van der Waals surface area contributed by atoms with Gasteiger partial charge >= 0.3 is 6.09 Å². The molecule has 1 amide bonds. The molecule has 2 N–H and O–H groups in total. The summed E-state index contributed by atoms with van der Waals surface area (Å²) in [6.45, 7) is 10.7. The molecule has 1 aromatic carbocycles. The van der Waals surface area contributed by atoms with Crippen molar-refractivity contribution in [2.75, 3.05) is 39.1 Å². The number of amides is 1. The summed E-state index contributed by atoms with van der Waals surface area (Å²) in [5, 5.41) is 8.68. The molecule has 1 unspecified atom stereocenters. The van der Waals surface area contributed by atoms with Gasteiger partial charge in [0.2, 0.25) is 0 Å². The number of carbonyl (C=O) groups excluding carboxylic acids is 1. The average Bonchev–Trinajstić information content (AvgIpc) is 3.04. The number of alkyl carbamates (subject to hydrolysis) is 1. The van der Waals surface area contributed by atoms with E-state index >= 15 is 0 Å². The Morgan fingerprint density at radius 1 is 1.23 bits per heavy atom. The van der Waals surface area contributed by atoms with E-state index in [0.29, 0.717) is 36.3 Å². The second-order valence-electron chi connectivity index (χ2n) is 9.35. The third kappa shape index (κ3) is 10.6. The smallest absolute Gasteiger partial charge is 0.407 e. The van der Waals surface area contributed by atoms with Gasteiger partial charge in [0.25, 0.3) is 0 Å². The molecule has 8 nitrogen and oxygen atoms in total. The van der Waals surface area contributed by atoms with E-state index < -0.39 is 14.5 Å². The first-order chi connectivity index (χ1) is 19.3. The number of benzene rings is 1. The first-order valence-corrected chi connectivity index (χ1v) is 16.5. The maximum atomic E-state index is 12.6. The van der Waals surface area contributed by atoms with Crippen molar-refractivity contribution in [3.63, 3.8) is 0 Å². The second-order valence-corrected chi connectivity index (χ2v) is 12.9. The molecule has 0 aliphatic carbocycles. The lowest BCUT2D eigenvalue weighted by atomic mass is 10.1. The van der Waals surface area contributed by atoms with Crippen LogP contribution in [0.3, 0.4) is 0 Å². The van der Waals surface area contributed by atoms with Gasteiger partial charge in [-0.05, 0) is 62.5 Å². The number of aliphatic imine (C=N–C) groups is 1. The van der Waals surface area contributed by atoms with Gasteiger partial charge in [0.05, 0.1) is 18.2 Å². The number of allylic oxidation sites excluding steroid dienone is 3. The van der Waals surface area contributed by atoms with Crippen LogP contribution < -0.4 is 10.6 Å². The highest BCUT2D eigenvalue weighted by atomic mass is 35.5. The van der Waals surface area contributed by atoms with Crippen LogP contribution in [0.15, 0.2) is 62.7 Å². The molecular weight excluding hydrogens is 590 g/mol. The van der Waals surface area contributed by atoms with Crippen molar-refractivity contribution in [3.05, 3.63) is 62.9 Å². The molecule has 0 bridgehead atoms. The highest BCUT2D eigenvalue weighted by molar-refractivity contribution is 8.03. The van der Waals surface area contributed by atoms with Crippen molar-refractivity contribution < 1.29 is 18.6 Å². The molecule has 0 radical (unpaired) electrons. The van der Waals surface area contributed by atoms with E-state index in [1.165, 1.54) is 5.57 Å². The van der Waals surface area contributed by atoms with E-state index in [1.807, 2.05) is 44.3 Å². The fourth-order valence-electron chi connectivity index (χ4n) is 4.08. The summed E-state index contributed by atoms with van der Waals surface area (Å²) in [4.78, 5) is 20.0. The van der Waals surface area contributed by atoms with Gasteiger partial charge in [-0.25, -0.2) is 4.79 Å². The first kappa shape index (κ1) is 32.8. The minimum atomic E-state index is -0.918. The lowest BCUT2D eigenvalue weighted by Gasteiger charge is -2.29. The van der Waals surface area contributed by atoms with Crippen LogP contribution in [-0.4, -0.2) is 62.4 Å². The Balaban J connectivity index is 1.68. The maximum absolute atomic E-state index is 12.6. The molecular formula is C28H39Cl2N4O4PS.